The van der Waals surface area contributed by atoms with Crippen molar-refractivity contribution < 1.29 is 4.74 Å². The number of halogens is 1. The van der Waals surface area contributed by atoms with Crippen LogP contribution in [0.15, 0.2) is 17.4 Å². The Kier molecular flexibility index (Phi) is 11.9. The minimum atomic E-state index is 0. The van der Waals surface area contributed by atoms with Crippen LogP contribution in [0.25, 0.3) is 0 Å². The second-order valence-corrected chi connectivity index (χ2v) is 6.89. The monoisotopic (exact) mass is 492 g/mol. The first kappa shape index (κ1) is 24.2. The van der Waals surface area contributed by atoms with E-state index in [0.29, 0.717) is 18.5 Å². The Hall–Kier alpha value is -0.870. The number of aromatic nitrogens is 2. The second-order valence-electron chi connectivity index (χ2n) is 6.89. The predicted molar refractivity (Wildman–Crippen MR) is 122 cm³/mol. The van der Waals surface area contributed by atoms with Crippen molar-refractivity contribution in [3.8, 4) is 0 Å². The highest BCUT2D eigenvalue weighted by molar-refractivity contribution is 14.0. The van der Waals surface area contributed by atoms with Crippen molar-refractivity contribution in [3.63, 3.8) is 0 Å². The number of hydrogen-bond donors (Lipinski definition) is 2. The summed E-state index contributed by atoms with van der Waals surface area (Å²) in [5.74, 6) is 1.56. The predicted octanol–water partition coefficient (Wildman–Crippen LogP) is 2.23. The molecule has 156 valence electrons. The summed E-state index contributed by atoms with van der Waals surface area (Å²) in [4.78, 5) is 7.31. The van der Waals surface area contributed by atoms with E-state index >= 15 is 0 Å². The third kappa shape index (κ3) is 7.95. The van der Waals surface area contributed by atoms with Crippen molar-refractivity contribution >= 4 is 29.9 Å². The van der Waals surface area contributed by atoms with Crippen molar-refractivity contribution in [3.05, 3.63) is 18.0 Å². The molecular formula is C19H37IN6O. The SMILES string of the molecule is CCNC(=NCc1cnn(C)c1)NCC(C(CC)CC)N1CCOCC1.I. The van der Waals surface area contributed by atoms with Crippen molar-refractivity contribution in [1.29, 1.82) is 0 Å². The van der Waals surface area contributed by atoms with Gasteiger partial charge in [0.1, 0.15) is 0 Å². The zero-order valence-electron chi connectivity index (χ0n) is 17.3. The second kappa shape index (κ2) is 13.3. The lowest BCUT2D eigenvalue weighted by atomic mass is 9.92. The first-order chi connectivity index (χ1) is 12.7. The highest BCUT2D eigenvalue weighted by Crippen LogP contribution is 2.19. The molecule has 0 spiro atoms. The highest BCUT2D eigenvalue weighted by Gasteiger charge is 2.26. The van der Waals surface area contributed by atoms with Crippen molar-refractivity contribution in [1.82, 2.24) is 25.3 Å². The van der Waals surface area contributed by atoms with Crippen LogP contribution in [-0.4, -0.2) is 66.1 Å². The smallest absolute Gasteiger partial charge is 0.191 e. The first-order valence-electron chi connectivity index (χ1n) is 9.99. The van der Waals surface area contributed by atoms with E-state index in [2.05, 4.69) is 41.4 Å². The fourth-order valence-corrected chi connectivity index (χ4v) is 3.60. The maximum Gasteiger partial charge on any atom is 0.191 e. The lowest BCUT2D eigenvalue weighted by molar-refractivity contribution is 0.00272. The Bertz CT molecular complexity index is 540. The van der Waals surface area contributed by atoms with Gasteiger partial charge in [-0.15, -0.1) is 24.0 Å². The molecule has 0 amide bonds. The van der Waals surface area contributed by atoms with Crippen LogP contribution in [0, 0.1) is 5.92 Å². The van der Waals surface area contributed by atoms with Crippen molar-refractivity contribution in [2.24, 2.45) is 18.0 Å². The maximum atomic E-state index is 5.54. The van der Waals surface area contributed by atoms with Gasteiger partial charge in [0.2, 0.25) is 0 Å². The van der Waals surface area contributed by atoms with E-state index in [1.807, 2.05) is 24.1 Å². The van der Waals surface area contributed by atoms with Crippen LogP contribution >= 0.6 is 24.0 Å². The third-order valence-electron chi connectivity index (χ3n) is 5.11. The van der Waals surface area contributed by atoms with Crippen LogP contribution in [0.1, 0.15) is 39.2 Å². The molecule has 2 N–H and O–H groups in total. The molecule has 1 saturated heterocycles. The first-order valence-corrected chi connectivity index (χ1v) is 9.99. The summed E-state index contributed by atoms with van der Waals surface area (Å²) < 4.78 is 7.36. The largest absolute Gasteiger partial charge is 0.379 e. The lowest BCUT2D eigenvalue weighted by Gasteiger charge is -2.39. The van der Waals surface area contributed by atoms with Gasteiger partial charge in [-0.2, -0.15) is 5.10 Å². The van der Waals surface area contributed by atoms with Gasteiger partial charge in [-0.1, -0.05) is 26.7 Å². The topological polar surface area (TPSA) is 66.7 Å². The maximum absolute atomic E-state index is 5.54. The average Bonchev–Trinajstić information content (AvgIpc) is 3.09. The van der Waals surface area contributed by atoms with E-state index in [1.165, 1.54) is 12.8 Å². The van der Waals surface area contributed by atoms with Gasteiger partial charge in [-0.3, -0.25) is 9.58 Å². The Labute approximate surface area is 181 Å². The molecule has 2 heterocycles. The van der Waals surface area contributed by atoms with Crippen LogP contribution in [0.2, 0.25) is 0 Å². The summed E-state index contributed by atoms with van der Waals surface area (Å²) in [5.41, 5.74) is 1.12. The average molecular weight is 492 g/mol. The molecular weight excluding hydrogens is 455 g/mol. The van der Waals surface area contributed by atoms with Crippen LogP contribution in [0.4, 0.5) is 0 Å². The highest BCUT2D eigenvalue weighted by atomic mass is 127. The summed E-state index contributed by atoms with van der Waals surface area (Å²) in [7, 11) is 1.93. The number of hydrogen-bond acceptors (Lipinski definition) is 4. The van der Waals surface area contributed by atoms with Gasteiger partial charge in [0.15, 0.2) is 5.96 Å². The molecule has 1 aromatic rings. The molecule has 0 aliphatic carbocycles. The standard InChI is InChI=1S/C19H36N6O.HI/c1-5-17(6-2)18(25-8-10-26-11-9-25)14-22-19(20-7-3)21-12-16-13-23-24(4)15-16;/h13,15,17-18H,5-12,14H2,1-4H3,(H2,20,21,22);1H. The Morgan fingerprint density at radius 3 is 2.48 bits per heavy atom. The molecule has 0 aromatic carbocycles. The van der Waals surface area contributed by atoms with Gasteiger partial charge in [0.05, 0.1) is 26.0 Å². The van der Waals surface area contributed by atoms with Crippen LogP contribution < -0.4 is 10.6 Å². The van der Waals surface area contributed by atoms with E-state index in [1.54, 1.807) is 0 Å². The zero-order chi connectivity index (χ0) is 18.8. The van der Waals surface area contributed by atoms with Crippen LogP contribution in [0.5, 0.6) is 0 Å². The van der Waals surface area contributed by atoms with Gasteiger partial charge in [0.25, 0.3) is 0 Å². The molecule has 1 fully saturated rings. The number of ether oxygens (including phenoxy) is 1. The van der Waals surface area contributed by atoms with Gasteiger partial charge < -0.3 is 15.4 Å². The minimum Gasteiger partial charge on any atom is -0.379 e. The minimum absolute atomic E-state index is 0. The van der Waals surface area contributed by atoms with Gasteiger partial charge in [-0.25, -0.2) is 4.99 Å². The number of guanidine groups is 1. The van der Waals surface area contributed by atoms with Gasteiger partial charge in [-0.05, 0) is 12.8 Å². The molecule has 1 unspecified atom stereocenters. The zero-order valence-corrected chi connectivity index (χ0v) is 19.6. The molecule has 27 heavy (non-hydrogen) atoms. The molecule has 0 saturated carbocycles. The summed E-state index contributed by atoms with van der Waals surface area (Å²) in [5, 5.41) is 11.1. The molecule has 1 aromatic heterocycles. The van der Waals surface area contributed by atoms with Crippen molar-refractivity contribution in [2.45, 2.75) is 46.2 Å². The summed E-state index contributed by atoms with van der Waals surface area (Å²) in [6.07, 6.45) is 6.27. The number of aliphatic imine (C=N–C) groups is 1. The third-order valence-corrected chi connectivity index (χ3v) is 5.11. The Morgan fingerprint density at radius 2 is 1.93 bits per heavy atom. The van der Waals surface area contributed by atoms with Crippen molar-refractivity contribution in [2.75, 3.05) is 39.4 Å². The molecule has 1 atom stereocenters. The molecule has 0 bridgehead atoms. The summed E-state index contributed by atoms with van der Waals surface area (Å²) >= 11 is 0. The number of rotatable bonds is 9. The van der Waals surface area contributed by atoms with E-state index in [4.69, 9.17) is 9.73 Å². The molecule has 8 heteroatoms. The lowest BCUT2D eigenvalue weighted by Crippen LogP contribution is -2.53. The van der Waals surface area contributed by atoms with E-state index in [9.17, 15) is 0 Å². The van der Waals surface area contributed by atoms with Crippen LogP contribution in [-0.2, 0) is 18.3 Å². The Morgan fingerprint density at radius 1 is 1.22 bits per heavy atom. The van der Waals surface area contributed by atoms with Gasteiger partial charge >= 0.3 is 0 Å². The number of nitrogens with one attached hydrogen (secondary N) is 2. The summed E-state index contributed by atoms with van der Waals surface area (Å²) in [6.45, 7) is 12.8. The Balaban J connectivity index is 0.00000364. The fraction of sp³-hybridized carbons (Fsp3) is 0.789. The fourth-order valence-electron chi connectivity index (χ4n) is 3.60. The summed E-state index contributed by atoms with van der Waals surface area (Å²) in [6, 6.07) is 0.510. The number of aryl methyl sites for hydroxylation is 1. The quantitative estimate of drug-likeness (QED) is 0.315. The van der Waals surface area contributed by atoms with E-state index in [0.717, 1.165) is 50.9 Å². The molecule has 2 rings (SSSR count). The van der Waals surface area contributed by atoms with E-state index < -0.39 is 0 Å². The van der Waals surface area contributed by atoms with Crippen LogP contribution in [0.3, 0.4) is 0 Å². The van der Waals surface area contributed by atoms with E-state index in [-0.39, 0.29) is 24.0 Å². The molecule has 7 nitrogen and oxygen atoms in total. The molecule has 1 aliphatic heterocycles. The molecule has 1 aliphatic rings. The molecule has 0 radical (unpaired) electrons. The number of morpholine rings is 1. The number of nitrogens with zero attached hydrogens (tertiary/aromatic N) is 4. The van der Waals surface area contributed by atoms with Gasteiger partial charge in [0, 0.05) is 51.0 Å². The normalized spacial score (nSPS) is 16.9.